The van der Waals surface area contributed by atoms with Crippen LogP contribution in [0, 0.1) is 5.82 Å². The van der Waals surface area contributed by atoms with E-state index in [4.69, 9.17) is 5.73 Å². The van der Waals surface area contributed by atoms with Crippen molar-refractivity contribution in [1.82, 2.24) is 4.98 Å². The number of rotatable bonds is 3. The fourth-order valence-corrected chi connectivity index (χ4v) is 3.38. The van der Waals surface area contributed by atoms with Gasteiger partial charge >= 0.3 is 0 Å². The second kappa shape index (κ2) is 5.66. The van der Waals surface area contributed by atoms with Crippen LogP contribution in [0.4, 0.5) is 15.8 Å². The maximum absolute atomic E-state index is 13.8. The van der Waals surface area contributed by atoms with E-state index in [1.54, 1.807) is 0 Å². The summed E-state index contributed by atoms with van der Waals surface area (Å²) in [5.41, 5.74) is 5.96. The first kappa shape index (κ1) is 15.2. The molecule has 0 spiro atoms. The Labute approximate surface area is 131 Å². The van der Waals surface area contributed by atoms with E-state index < -0.39 is 20.7 Å². The van der Waals surface area contributed by atoms with Crippen LogP contribution < -0.4 is 10.5 Å². The number of nitrogens with one attached hydrogen (secondary N) is 1. The van der Waals surface area contributed by atoms with Crippen molar-refractivity contribution >= 4 is 53.3 Å². The molecule has 0 saturated heterocycles. The summed E-state index contributed by atoms with van der Waals surface area (Å²) in [6, 6.07) is 3.50. The molecule has 0 aliphatic heterocycles. The lowest BCUT2D eigenvalue weighted by Gasteiger charge is -2.11. The molecule has 1 aromatic heterocycles. The number of anilines is 2. The third-order valence-electron chi connectivity index (χ3n) is 2.36. The zero-order valence-corrected chi connectivity index (χ0v) is 13.8. The van der Waals surface area contributed by atoms with Gasteiger partial charge in [0.2, 0.25) is 0 Å². The highest BCUT2D eigenvalue weighted by Crippen LogP contribution is 2.29. The van der Waals surface area contributed by atoms with E-state index in [1.807, 2.05) is 0 Å². The van der Waals surface area contributed by atoms with Crippen molar-refractivity contribution in [1.29, 1.82) is 0 Å². The Morgan fingerprint density at radius 1 is 1.25 bits per heavy atom. The molecule has 0 atom stereocenters. The van der Waals surface area contributed by atoms with Crippen molar-refractivity contribution in [2.24, 2.45) is 0 Å². The minimum atomic E-state index is -4.09. The predicted octanol–water partition coefficient (Wildman–Crippen LogP) is 3.13. The molecule has 0 bridgehead atoms. The normalized spacial score (nSPS) is 11.3. The minimum Gasteiger partial charge on any atom is -0.398 e. The summed E-state index contributed by atoms with van der Waals surface area (Å²) in [5.74, 6) is -0.899. The topological polar surface area (TPSA) is 85.1 Å². The highest BCUT2D eigenvalue weighted by molar-refractivity contribution is 9.11. The molecule has 2 aromatic rings. The van der Waals surface area contributed by atoms with Gasteiger partial charge in [0, 0.05) is 22.6 Å². The Hall–Kier alpha value is -1.19. The van der Waals surface area contributed by atoms with E-state index in [1.165, 1.54) is 18.5 Å². The van der Waals surface area contributed by atoms with Crippen molar-refractivity contribution < 1.29 is 12.8 Å². The molecule has 0 aliphatic carbocycles. The fourth-order valence-electron chi connectivity index (χ4n) is 1.41. The van der Waals surface area contributed by atoms with E-state index in [9.17, 15) is 12.8 Å². The smallest absolute Gasteiger partial charge is 0.264 e. The van der Waals surface area contributed by atoms with Crippen LogP contribution in [0.25, 0.3) is 0 Å². The van der Waals surface area contributed by atoms with Crippen molar-refractivity contribution in [3.63, 3.8) is 0 Å². The van der Waals surface area contributed by atoms with Crippen LogP contribution in [0.3, 0.4) is 0 Å². The zero-order valence-electron chi connectivity index (χ0n) is 9.77. The lowest BCUT2D eigenvalue weighted by Crippen LogP contribution is -2.15. The Balaban J connectivity index is 2.47. The predicted molar refractivity (Wildman–Crippen MR) is 81.3 cm³/mol. The van der Waals surface area contributed by atoms with Gasteiger partial charge in [0.15, 0.2) is 0 Å². The van der Waals surface area contributed by atoms with Crippen molar-refractivity contribution in [3.05, 3.63) is 45.4 Å². The summed E-state index contributed by atoms with van der Waals surface area (Å²) in [6.45, 7) is 0. The van der Waals surface area contributed by atoms with E-state index >= 15 is 0 Å². The molecule has 0 saturated carbocycles. The molecule has 3 N–H and O–H groups in total. The Morgan fingerprint density at radius 2 is 1.95 bits per heavy atom. The molecular formula is C11H8Br2FN3O2S. The van der Waals surface area contributed by atoms with Crippen LogP contribution in [0.15, 0.2) is 44.4 Å². The lowest BCUT2D eigenvalue weighted by atomic mass is 10.3. The van der Waals surface area contributed by atoms with Crippen LogP contribution in [0.1, 0.15) is 0 Å². The Kier molecular flexibility index (Phi) is 4.31. The SMILES string of the molecule is Nc1cc(S(=O)(=O)Nc2ccncc2Br)c(F)cc1Br. The highest BCUT2D eigenvalue weighted by atomic mass is 79.9. The third kappa shape index (κ3) is 3.10. The second-order valence-electron chi connectivity index (χ2n) is 3.77. The first-order valence-electron chi connectivity index (χ1n) is 5.18. The molecule has 106 valence electrons. The average molecular weight is 425 g/mol. The summed E-state index contributed by atoms with van der Waals surface area (Å²) < 4.78 is 41.1. The standard InChI is InChI=1S/C11H8Br2FN3O2S/c12-6-3-8(14)11(4-9(6)15)20(18,19)17-10-1-2-16-5-7(10)13/h1-5H,15H2,(H,16,17). The van der Waals surface area contributed by atoms with Gasteiger partial charge < -0.3 is 5.73 Å². The Bertz CT molecular complexity index is 768. The molecule has 0 fully saturated rings. The van der Waals surface area contributed by atoms with Gasteiger partial charge in [-0.15, -0.1) is 0 Å². The van der Waals surface area contributed by atoms with Gasteiger partial charge in [-0.25, -0.2) is 12.8 Å². The fraction of sp³-hybridized carbons (Fsp3) is 0. The highest BCUT2D eigenvalue weighted by Gasteiger charge is 2.21. The summed E-state index contributed by atoms with van der Waals surface area (Å²) in [7, 11) is -4.09. The molecule has 0 unspecified atom stereocenters. The largest absolute Gasteiger partial charge is 0.398 e. The van der Waals surface area contributed by atoms with Gasteiger partial charge in [-0.3, -0.25) is 9.71 Å². The number of sulfonamides is 1. The van der Waals surface area contributed by atoms with Gasteiger partial charge in [-0.2, -0.15) is 0 Å². The number of hydrogen-bond acceptors (Lipinski definition) is 4. The van der Waals surface area contributed by atoms with Crippen LogP contribution >= 0.6 is 31.9 Å². The molecule has 1 aromatic carbocycles. The van der Waals surface area contributed by atoms with Crippen LogP contribution in [-0.2, 0) is 10.0 Å². The van der Waals surface area contributed by atoms with Gasteiger partial charge in [0.1, 0.15) is 10.7 Å². The molecule has 9 heteroatoms. The molecule has 1 heterocycles. The van der Waals surface area contributed by atoms with Gasteiger partial charge in [-0.05, 0) is 50.1 Å². The van der Waals surface area contributed by atoms with Crippen LogP contribution in [0.5, 0.6) is 0 Å². The minimum absolute atomic E-state index is 0.126. The molecule has 2 rings (SSSR count). The molecule has 0 radical (unpaired) electrons. The molecule has 20 heavy (non-hydrogen) atoms. The number of nitrogens with zero attached hydrogens (tertiary/aromatic N) is 1. The Morgan fingerprint density at radius 3 is 2.60 bits per heavy atom. The van der Waals surface area contributed by atoms with Gasteiger partial charge in [0.25, 0.3) is 10.0 Å². The second-order valence-corrected chi connectivity index (χ2v) is 7.12. The van der Waals surface area contributed by atoms with Crippen LogP contribution in [-0.4, -0.2) is 13.4 Å². The summed E-state index contributed by atoms with van der Waals surface area (Å²) >= 11 is 6.18. The van der Waals surface area contributed by atoms with Crippen molar-refractivity contribution in [3.8, 4) is 0 Å². The number of aromatic nitrogens is 1. The van der Waals surface area contributed by atoms with Gasteiger partial charge in [-0.1, -0.05) is 0 Å². The maximum Gasteiger partial charge on any atom is 0.264 e. The average Bonchev–Trinajstić information content (AvgIpc) is 2.36. The summed E-state index contributed by atoms with van der Waals surface area (Å²) in [6.07, 6.45) is 2.83. The number of nitrogens with two attached hydrogens (primary N) is 1. The van der Waals surface area contributed by atoms with Crippen molar-refractivity contribution in [2.45, 2.75) is 4.90 Å². The number of hydrogen-bond donors (Lipinski definition) is 2. The zero-order chi connectivity index (χ0) is 14.9. The summed E-state index contributed by atoms with van der Waals surface area (Å²) in [4.78, 5) is 3.28. The van der Waals surface area contributed by atoms with E-state index in [0.29, 0.717) is 8.95 Å². The number of nitrogen functional groups attached to an aromatic ring is 1. The number of halogens is 3. The van der Waals surface area contributed by atoms with Gasteiger partial charge in [0.05, 0.1) is 10.2 Å². The molecule has 0 aliphatic rings. The maximum atomic E-state index is 13.8. The number of benzene rings is 1. The van der Waals surface area contributed by atoms with Crippen molar-refractivity contribution in [2.75, 3.05) is 10.5 Å². The number of pyridine rings is 1. The third-order valence-corrected chi connectivity index (χ3v) is 5.06. The lowest BCUT2D eigenvalue weighted by molar-refractivity contribution is 0.570. The van der Waals surface area contributed by atoms with E-state index in [0.717, 1.165) is 12.1 Å². The summed E-state index contributed by atoms with van der Waals surface area (Å²) in [5, 5.41) is 0. The van der Waals surface area contributed by atoms with E-state index in [2.05, 4.69) is 41.6 Å². The van der Waals surface area contributed by atoms with E-state index in [-0.39, 0.29) is 11.4 Å². The first-order chi connectivity index (χ1) is 9.31. The quantitative estimate of drug-likeness (QED) is 0.741. The van der Waals surface area contributed by atoms with Crippen LogP contribution in [0.2, 0.25) is 0 Å². The molecule has 5 nitrogen and oxygen atoms in total. The molecule has 0 amide bonds. The molecular weight excluding hydrogens is 417 g/mol. The monoisotopic (exact) mass is 423 g/mol. The first-order valence-corrected chi connectivity index (χ1v) is 8.25.